The highest BCUT2D eigenvalue weighted by atomic mass is 32.2. The molecule has 1 atom stereocenters. The molecule has 0 spiro atoms. The van der Waals surface area contributed by atoms with Gasteiger partial charge in [-0.2, -0.15) is 0 Å². The average Bonchev–Trinajstić information content (AvgIpc) is 2.53. The Morgan fingerprint density at radius 3 is 2.04 bits per heavy atom. The van der Waals surface area contributed by atoms with Crippen LogP contribution in [0, 0.1) is 0 Å². The first-order valence-electron chi connectivity index (χ1n) is 8.37. The molecular formula is C21H30OS. The summed E-state index contributed by atoms with van der Waals surface area (Å²) >= 11 is 0. The van der Waals surface area contributed by atoms with E-state index in [0.29, 0.717) is 5.75 Å². The predicted octanol–water partition coefficient (Wildman–Crippen LogP) is 6.21. The average molecular weight is 331 g/mol. The third-order valence-corrected chi connectivity index (χ3v) is 4.98. The molecule has 0 saturated carbocycles. The van der Waals surface area contributed by atoms with Crippen molar-refractivity contribution in [3.8, 4) is 0 Å². The zero-order valence-corrected chi connectivity index (χ0v) is 15.8. The highest BCUT2D eigenvalue weighted by molar-refractivity contribution is 7.85. The van der Waals surface area contributed by atoms with Crippen LogP contribution >= 0.6 is 0 Å². The van der Waals surface area contributed by atoms with Crippen LogP contribution in [-0.4, -0.2) is 9.96 Å². The van der Waals surface area contributed by atoms with E-state index in [2.05, 4.69) is 45.9 Å². The Kier molecular flexibility index (Phi) is 9.54. The molecule has 0 aliphatic heterocycles. The lowest BCUT2D eigenvalue weighted by molar-refractivity contribution is 0.685. The van der Waals surface area contributed by atoms with Crippen molar-refractivity contribution in [1.29, 1.82) is 0 Å². The molecule has 1 nitrogen and oxygen atoms in total. The van der Waals surface area contributed by atoms with Crippen LogP contribution in [0.1, 0.15) is 53.4 Å². The molecule has 126 valence electrons. The second-order valence-corrected chi connectivity index (χ2v) is 7.78. The van der Waals surface area contributed by atoms with Gasteiger partial charge in [-0.3, -0.25) is 4.21 Å². The number of benzene rings is 1. The first kappa shape index (κ1) is 19.6. The summed E-state index contributed by atoms with van der Waals surface area (Å²) in [5, 5.41) is 0. The molecule has 0 heterocycles. The van der Waals surface area contributed by atoms with Gasteiger partial charge in [-0.05, 0) is 65.5 Å². The van der Waals surface area contributed by atoms with Crippen LogP contribution in [0.2, 0.25) is 0 Å². The highest BCUT2D eigenvalue weighted by Gasteiger charge is 2.00. The van der Waals surface area contributed by atoms with Crippen LogP contribution in [-0.2, 0) is 10.8 Å². The van der Waals surface area contributed by atoms with Gasteiger partial charge in [-0.25, -0.2) is 0 Å². The lowest BCUT2D eigenvalue weighted by Crippen LogP contribution is -1.95. The molecule has 0 saturated heterocycles. The van der Waals surface area contributed by atoms with Gasteiger partial charge < -0.3 is 0 Å². The maximum Gasteiger partial charge on any atom is 0.0568 e. The van der Waals surface area contributed by atoms with Gasteiger partial charge in [-0.1, -0.05) is 53.1 Å². The van der Waals surface area contributed by atoms with Gasteiger partial charge in [0.2, 0.25) is 0 Å². The van der Waals surface area contributed by atoms with E-state index in [4.69, 9.17) is 0 Å². The smallest absolute Gasteiger partial charge is 0.0568 e. The summed E-state index contributed by atoms with van der Waals surface area (Å²) < 4.78 is 12.2. The summed E-state index contributed by atoms with van der Waals surface area (Å²) in [6.45, 7) is 8.63. The normalized spacial score (nSPS) is 13.7. The molecule has 0 aliphatic rings. The second kappa shape index (κ2) is 11.2. The molecule has 2 heteroatoms. The first-order chi connectivity index (χ1) is 11.0. The molecule has 23 heavy (non-hydrogen) atoms. The number of rotatable bonds is 9. The van der Waals surface area contributed by atoms with Crippen molar-refractivity contribution in [2.45, 2.75) is 58.3 Å². The van der Waals surface area contributed by atoms with Gasteiger partial charge in [0.25, 0.3) is 0 Å². The number of allylic oxidation sites excluding steroid dienone is 5. The Balaban J connectivity index is 2.34. The fourth-order valence-corrected chi connectivity index (χ4v) is 3.31. The van der Waals surface area contributed by atoms with E-state index in [1.54, 1.807) is 0 Å². The van der Waals surface area contributed by atoms with E-state index in [-0.39, 0.29) is 0 Å². The molecule has 0 N–H and O–H groups in total. The van der Waals surface area contributed by atoms with Crippen molar-refractivity contribution < 1.29 is 4.21 Å². The van der Waals surface area contributed by atoms with E-state index in [0.717, 1.165) is 30.6 Å². The van der Waals surface area contributed by atoms with E-state index >= 15 is 0 Å². The maximum absolute atomic E-state index is 12.2. The Morgan fingerprint density at radius 2 is 1.43 bits per heavy atom. The van der Waals surface area contributed by atoms with Crippen molar-refractivity contribution in [1.82, 2.24) is 0 Å². The van der Waals surface area contributed by atoms with Crippen LogP contribution in [0.4, 0.5) is 0 Å². The van der Waals surface area contributed by atoms with Gasteiger partial charge >= 0.3 is 0 Å². The molecule has 1 unspecified atom stereocenters. The molecule has 0 fully saturated rings. The minimum Gasteiger partial charge on any atom is -0.254 e. The molecule has 1 rings (SSSR count). The fraction of sp³-hybridized carbons (Fsp3) is 0.429. The number of hydrogen-bond acceptors (Lipinski definition) is 1. The topological polar surface area (TPSA) is 17.1 Å². The summed E-state index contributed by atoms with van der Waals surface area (Å²) in [6.07, 6.45) is 11.1. The summed E-state index contributed by atoms with van der Waals surface area (Å²) in [5.41, 5.74) is 4.17. The minimum atomic E-state index is -0.925. The van der Waals surface area contributed by atoms with Crippen molar-refractivity contribution in [2.24, 2.45) is 0 Å². The third kappa shape index (κ3) is 9.35. The molecule has 0 bridgehead atoms. The lowest BCUT2D eigenvalue weighted by atomic mass is 10.1. The van der Waals surface area contributed by atoms with Crippen LogP contribution in [0.5, 0.6) is 0 Å². The van der Waals surface area contributed by atoms with Gasteiger partial charge in [0.1, 0.15) is 0 Å². The third-order valence-electron chi connectivity index (χ3n) is 3.71. The Bertz CT molecular complexity index is 575. The van der Waals surface area contributed by atoms with E-state index in [1.165, 1.54) is 16.7 Å². The summed E-state index contributed by atoms with van der Waals surface area (Å²) in [4.78, 5) is 0.909. The Morgan fingerprint density at radius 1 is 0.870 bits per heavy atom. The van der Waals surface area contributed by atoms with Gasteiger partial charge in [0.15, 0.2) is 0 Å². The molecule has 0 aromatic heterocycles. The molecule has 0 amide bonds. The largest absolute Gasteiger partial charge is 0.254 e. The standard InChI is InChI=1S/C21H30OS/c1-18(2)10-8-11-19(3)12-9-13-20(4)16-17-23(22)21-14-6-5-7-15-21/h5-7,10,12,14-16H,8-9,11,13,17H2,1-4H3. The second-order valence-electron chi connectivity index (χ2n) is 6.29. The Labute approximate surface area is 144 Å². The summed E-state index contributed by atoms with van der Waals surface area (Å²) in [5.74, 6) is 0.610. The SMILES string of the molecule is CC(C)=CCCC(C)=CCCC(C)=CCS(=O)c1ccccc1. The van der Waals surface area contributed by atoms with Gasteiger partial charge in [-0.15, -0.1) is 0 Å². The molecular weight excluding hydrogens is 300 g/mol. The van der Waals surface area contributed by atoms with E-state index in [9.17, 15) is 4.21 Å². The lowest BCUT2D eigenvalue weighted by Gasteiger charge is -2.02. The zero-order valence-electron chi connectivity index (χ0n) is 15.0. The molecule has 0 aliphatic carbocycles. The van der Waals surface area contributed by atoms with Crippen LogP contribution in [0.15, 0.2) is 70.2 Å². The minimum absolute atomic E-state index is 0.610. The quantitative estimate of drug-likeness (QED) is 0.492. The van der Waals surface area contributed by atoms with Crippen molar-refractivity contribution in [3.05, 3.63) is 65.3 Å². The summed E-state index contributed by atoms with van der Waals surface area (Å²) in [6, 6.07) is 9.68. The van der Waals surface area contributed by atoms with Crippen LogP contribution < -0.4 is 0 Å². The maximum atomic E-state index is 12.2. The van der Waals surface area contributed by atoms with Gasteiger partial charge in [0, 0.05) is 10.6 Å². The zero-order chi connectivity index (χ0) is 17.1. The van der Waals surface area contributed by atoms with Crippen LogP contribution in [0.25, 0.3) is 0 Å². The predicted molar refractivity (Wildman–Crippen MR) is 103 cm³/mol. The van der Waals surface area contributed by atoms with E-state index < -0.39 is 10.8 Å². The fourth-order valence-electron chi connectivity index (χ4n) is 2.23. The molecule has 0 radical (unpaired) electrons. The van der Waals surface area contributed by atoms with Crippen LogP contribution in [0.3, 0.4) is 0 Å². The monoisotopic (exact) mass is 330 g/mol. The molecule has 1 aromatic carbocycles. The number of hydrogen-bond donors (Lipinski definition) is 0. The first-order valence-corrected chi connectivity index (χ1v) is 9.69. The van der Waals surface area contributed by atoms with Crippen molar-refractivity contribution in [2.75, 3.05) is 5.75 Å². The van der Waals surface area contributed by atoms with Crippen molar-refractivity contribution >= 4 is 10.8 Å². The van der Waals surface area contributed by atoms with Gasteiger partial charge in [0.05, 0.1) is 10.8 Å². The summed E-state index contributed by atoms with van der Waals surface area (Å²) in [7, 11) is -0.925. The Hall–Kier alpha value is -1.41. The van der Waals surface area contributed by atoms with E-state index in [1.807, 2.05) is 30.3 Å². The highest BCUT2D eigenvalue weighted by Crippen LogP contribution is 2.12. The van der Waals surface area contributed by atoms with Crippen molar-refractivity contribution in [3.63, 3.8) is 0 Å². The molecule has 1 aromatic rings.